The van der Waals surface area contributed by atoms with E-state index in [0.29, 0.717) is 6.61 Å². The number of nitrogens with zero attached hydrogens (tertiary/aromatic N) is 1. The van der Waals surface area contributed by atoms with Crippen LogP contribution in [-0.2, 0) is 14.6 Å². The molecule has 100 valence electrons. The first-order valence-corrected chi connectivity index (χ1v) is 6.26. The monoisotopic (exact) mass is 252 g/mol. The predicted octanol–water partition coefficient (Wildman–Crippen LogP) is 1.17. The van der Waals surface area contributed by atoms with Crippen LogP contribution in [0.5, 0.6) is 0 Å². The number of likely N-dealkylation sites (N-methyl/N-ethyl adjacent to an activating group) is 1. The lowest BCUT2D eigenvalue weighted by atomic mass is 10.3. The van der Waals surface area contributed by atoms with Crippen molar-refractivity contribution in [2.75, 3.05) is 33.3 Å². The van der Waals surface area contributed by atoms with Gasteiger partial charge in [0, 0.05) is 13.6 Å². The first kappa shape index (κ1) is 13.3. The number of hydrogen-bond donors (Lipinski definition) is 1. The number of rotatable bonds is 3. The second-order valence-electron chi connectivity index (χ2n) is 4.31. The molecule has 1 atom stereocenters. The van der Waals surface area contributed by atoms with E-state index < -0.39 is 0 Å². The quantitative estimate of drug-likeness (QED) is 0.764. The lowest BCUT2D eigenvalue weighted by Crippen LogP contribution is -2.21. The average molecular weight is 252 g/mol. The van der Waals surface area contributed by atoms with Crippen molar-refractivity contribution in [3.63, 3.8) is 0 Å². The highest BCUT2D eigenvalue weighted by molar-refractivity contribution is 5.19. The molecule has 2 rings (SSSR count). The lowest BCUT2D eigenvalue weighted by molar-refractivity contribution is -0.377. The Kier molecular flexibility index (Phi) is 5.41. The minimum Gasteiger partial charge on any atom is -0.491 e. The molecule has 0 amide bonds. The maximum Gasteiger partial charge on any atom is 0.144 e. The highest BCUT2D eigenvalue weighted by Crippen LogP contribution is 2.10. The summed E-state index contributed by atoms with van der Waals surface area (Å²) in [4.78, 5) is 9.96. The van der Waals surface area contributed by atoms with Gasteiger partial charge in [0.1, 0.15) is 18.5 Å². The molecule has 18 heavy (non-hydrogen) atoms. The molecule has 0 aromatic rings. The van der Waals surface area contributed by atoms with Crippen molar-refractivity contribution in [3.05, 3.63) is 36.1 Å². The number of allylic oxidation sites excluding steroid dienone is 3. The second kappa shape index (κ2) is 7.33. The number of hydrogen-bond acceptors (Lipinski definition) is 5. The Morgan fingerprint density at radius 1 is 1.50 bits per heavy atom. The number of ether oxygens (including phenoxy) is 1. The van der Waals surface area contributed by atoms with Crippen molar-refractivity contribution in [1.82, 2.24) is 10.4 Å². The van der Waals surface area contributed by atoms with E-state index in [0.717, 1.165) is 31.8 Å². The van der Waals surface area contributed by atoms with Crippen molar-refractivity contribution in [2.24, 2.45) is 0 Å². The van der Waals surface area contributed by atoms with Gasteiger partial charge < -0.3 is 10.1 Å². The van der Waals surface area contributed by atoms with Gasteiger partial charge in [0.2, 0.25) is 0 Å². The molecule has 2 aliphatic heterocycles. The van der Waals surface area contributed by atoms with Crippen molar-refractivity contribution >= 4 is 0 Å². The van der Waals surface area contributed by atoms with Crippen molar-refractivity contribution < 1.29 is 14.6 Å². The van der Waals surface area contributed by atoms with Crippen molar-refractivity contribution in [1.29, 1.82) is 0 Å². The third-order valence-electron chi connectivity index (χ3n) is 2.63. The molecule has 1 fully saturated rings. The molecule has 0 spiro atoms. The van der Waals surface area contributed by atoms with Gasteiger partial charge in [-0.1, -0.05) is 18.2 Å². The Bertz CT molecular complexity index is 339. The largest absolute Gasteiger partial charge is 0.491 e. The molecule has 1 unspecified atom stereocenters. The summed E-state index contributed by atoms with van der Waals surface area (Å²) in [5, 5.41) is 4.95. The van der Waals surface area contributed by atoms with E-state index in [4.69, 9.17) is 14.6 Å². The highest BCUT2D eigenvalue weighted by atomic mass is 17.3. The Morgan fingerprint density at radius 3 is 3.28 bits per heavy atom. The van der Waals surface area contributed by atoms with Gasteiger partial charge >= 0.3 is 0 Å². The SMILES string of the molecule is CN1CC(COC2=C/C=C/CNCC\C=C\2)OO1. The predicted molar refractivity (Wildman–Crippen MR) is 68.4 cm³/mol. The molecule has 2 heterocycles. The molecule has 0 aromatic heterocycles. The normalized spacial score (nSPS) is 32.5. The van der Waals surface area contributed by atoms with Crippen LogP contribution in [0.2, 0.25) is 0 Å². The fourth-order valence-corrected chi connectivity index (χ4v) is 1.70. The first-order valence-electron chi connectivity index (χ1n) is 6.26. The zero-order valence-corrected chi connectivity index (χ0v) is 10.7. The van der Waals surface area contributed by atoms with Crippen LogP contribution >= 0.6 is 0 Å². The molecule has 0 saturated carbocycles. The molecule has 2 aliphatic rings. The molecule has 0 aromatic carbocycles. The molecular weight excluding hydrogens is 232 g/mol. The molecule has 0 bridgehead atoms. The minimum absolute atomic E-state index is 0.0367. The van der Waals surface area contributed by atoms with Crippen molar-refractivity contribution in [3.8, 4) is 0 Å². The van der Waals surface area contributed by atoms with Crippen LogP contribution < -0.4 is 5.32 Å². The van der Waals surface area contributed by atoms with Crippen LogP contribution in [0.4, 0.5) is 0 Å². The zero-order chi connectivity index (χ0) is 12.6. The fraction of sp³-hybridized carbons (Fsp3) is 0.538. The second-order valence-corrected chi connectivity index (χ2v) is 4.31. The topological polar surface area (TPSA) is 43.0 Å². The summed E-state index contributed by atoms with van der Waals surface area (Å²) in [5.74, 6) is 0.853. The summed E-state index contributed by atoms with van der Waals surface area (Å²) in [7, 11) is 1.83. The summed E-state index contributed by atoms with van der Waals surface area (Å²) in [5.41, 5.74) is 0. The average Bonchev–Trinajstić information content (AvgIpc) is 2.80. The smallest absolute Gasteiger partial charge is 0.144 e. The van der Waals surface area contributed by atoms with E-state index in [1.165, 1.54) is 0 Å². The Hall–Kier alpha value is -1.14. The maximum atomic E-state index is 5.72. The summed E-state index contributed by atoms with van der Waals surface area (Å²) in [6.45, 7) is 3.09. The van der Waals surface area contributed by atoms with Crippen LogP contribution in [0.25, 0.3) is 0 Å². The number of hydroxylamine groups is 2. The Morgan fingerprint density at radius 2 is 2.44 bits per heavy atom. The van der Waals surface area contributed by atoms with Gasteiger partial charge in [-0.25, -0.2) is 4.89 Å². The van der Waals surface area contributed by atoms with Crippen LogP contribution in [-0.4, -0.2) is 44.5 Å². The molecule has 1 N–H and O–H groups in total. The van der Waals surface area contributed by atoms with E-state index >= 15 is 0 Å². The third-order valence-corrected chi connectivity index (χ3v) is 2.63. The van der Waals surface area contributed by atoms with E-state index in [-0.39, 0.29) is 6.10 Å². The number of nitrogens with one attached hydrogen (secondary N) is 1. The van der Waals surface area contributed by atoms with E-state index in [2.05, 4.69) is 17.5 Å². The standard InChI is InChI=1S/C13H20N2O3/c1-15-10-13(17-18-15)11-16-12-6-2-4-8-14-9-5-3-7-12/h2-4,6-7,13-14H,5,8-11H2,1H3/b4-2+,7-3+,12-6+. The lowest BCUT2D eigenvalue weighted by Gasteiger charge is -2.10. The van der Waals surface area contributed by atoms with E-state index in [1.54, 1.807) is 5.06 Å². The van der Waals surface area contributed by atoms with Gasteiger partial charge in [-0.05, 0) is 25.1 Å². The van der Waals surface area contributed by atoms with E-state index in [1.807, 2.05) is 25.3 Å². The maximum absolute atomic E-state index is 5.72. The van der Waals surface area contributed by atoms with E-state index in [9.17, 15) is 0 Å². The molecule has 0 radical (unpaired) electrons. The summed E-state index contributed by atoms with van der Waals surface area (Å²) in [6, 6.07) is 0. The molecule has 5 nitrogen and oxygen atoms in total. The summed E-state index contributed by atoms with van der Waals surface area (Å²) in [6.07, 6.45) is 11.1. The van der Waals surface area contributed by atoms with Gasteiger partial charge in [-0.3, -0.25) is 0 Å². The minimum atomic E-state index is -0.0367. The van der Waals surface area contributed by atoms with Gasteiger partial charge in [0.25, 0.3) is 0 Å². The molecule has 5 heteroatoms. The Labute approximate surface area is 108 Å². The summed E-state index contributed by atoms with van der Waals surface area (Å²) < 4.78 is 5.72. The van der Waals surface area contributed by atoms with Gasteiger partial charge in [-0.2, -0.15) is 5.06 Å². The van der Waals surface area contributed by atoms with Gasteiger partial charge in [0.15, 0.2) is 0 Å². The van der Waals surface area contributed by atoms with Gasteiger partial charge in [-0.15, -0.1) is 4.99 Å². The zero-order valence-electron chi connectivity index (χ0n) is 10.7. The molecular formula is C13H20N2O3. The summed E-state index contributed by atoms with van der Waals surface area (Å²) >= 11 is 0. The van der Waals surface area contributed by atoms with Crippen LogP contribution in [0.1, 0.15) is 6.42 Å². The van der Waals surface area contributed by atoms with Gasteiger partial charge in [0.05, 0.1) is 6.54 Å². The van der Waals surface area contributed by atoms with Crippen LogP contribution in [0.15, 0.2) is 36.1 Å². The van der Waals surface area contributed by atoms with Crippen LogP contribution in [0.3, 0.4) is 0 Å². The molecule has 0 aliphatic carbocycles. The Balaban J connectivity index is 1.83. The first-order chi connectivity index (χ1) is 8.84. The van der Waals surface area contributed by atoms with Crippen LogP contribution in [0, 0.1) is 0 Å². The highest BCUT2D eigenvalue weighted by Gasteiger charge is 2.22. The van der Waals surface area contributed by atoms with Crippen molar-refractivity contribution in [2.45, 2.75) is 12.5 Å². The fourth-order valence-electron chi connectivity index (χ4n) is 1.70. The molecule has 1 saturated heterocycles. The third kappa shape index (κ3) is 4.62.